The lowest BCUT2D eigenvalue weighted by Gasteiger charge is -2.41. The van der Waals surface area contributed by atoms with Gasteiger partial charge in [0.05, 0.1) is 5.69 Å². The number of aromatic nitrogens is 2. The van der Waals surface area contributed by atoms with Gasteiger partial charge in [0, 0.05) is 18.0 Å². The first kappa shape index (κ1) is 18.1. The Morgan fingerprint density at radius 1 is 1.00 bits per heavy atom. The Hall–Kier alpha value is -2.67. The van der Waals surface area contributed by atoms with E-state index in [-0.39, 0.29) is 17.3 Å². The fourth-order valence-corrected chi connectivity index (χ4v) is 3.47. The van der Waals surface area contributed by atoms with Gasteiger partial charge in [0.2, 0.25) is 0 Å². The average molecular weight is 347 g/mol. The zero-order valence-electron chi connectivity index (χ0n) is 15.7. The van der Waals surface area contributed by atoms with Crippen LogP contribution in [0.4, 0.5) is 0 Å². The molecule has 1 aliphatic rings. The number of aliphatic carboxylic acids is 1. The van der Waals surface area contributed by atoms with E-state index in [1.165, 1.54) is 17.5 Å². The molecule has 4 heteroatoms. The van der Waals surface area contributed by atoms with E-state index in [9.17, 15) is 9.90 Å². The lowest BCUT2D eigenvalue weighted by atomic mass is 9.63. The summed E-state index contributed by atoms with van der Waals surface area (Å²) in [6.07, 6.45) is 2.11. The van der Waals surface area contributed by atoms with Crippen LogP contribution in [0.3, 0.4) is 0 Å². The summed E-state index contributed by atoms with van der Waals surface area (Å²) in [6, 6.07) is 9.76. The van der Waals surface area contributed by atoms with Crippen molar-refractivity contribution in [2.75, 3.05) is 0 Å². The van der Waals surface area contributed by atoms with Crippen molar-refractivity contribution >= 4 is 5.97 Å². The van der Waals surface area contributed by atoms with Gasteiger partial charge < -0.3 is 9.90 Å². The normalized spacial score (nSPS) is 16.9. The second-order valence-corrected chi connectivity index (χ2v) is 8.24. The van der Waals surface area contributed by atoms with E-state index in [1.54, 1.807) is 12.1 Å². The van der Waals surface area contributed by atoms with Gasteiger partial charge in [-0.25, -0.2) is 0 Å². The Morgan fingerprint density at radius 3 is 2.31 bits per heavy atom. The van der Waals surface area contributed by atoms with E-state index in [0.717, 1.165) is 12.0 Å². The molecule has 0 N–H and O–H groups in total. The van der Waals surface area contributed by atoms with Gasteiger partial charge in [-0.05, 0) is 65.0 Å². The van der Waals surface area contributed by atoms with Crippen LogP contribution in [0.2, 0.25) is 0 Å². The van der Waals surface area contributed by atoms with Gasteiger partial charge in [-0.3, -0.25) is 0 Å². The molecular weight excluding hydrogens is 324 g/mol. The third-order valence-corrected chi connectivity index (χ3v) is 5.23. The molecule has 0 fully saturated rings. The Labute approximate surface area is 154 Å². The number of hydrogen-bond acceptors (Lipinski definition) is 4. The van der Waals surface area contributed by atoms with Crippen LogP contribution in [0.1, 0.15) is 68.6 Å². The predicted octanol–water partition coefficient (Wildman–Crippen LogP) is 2.52. The van der Waals surface area contributed by atoms with Gasteiger partial charge in [0.25, 0.3) is 0 Å². The quantitative estimate of drug-likeness (QED) is 0.783. The van der Waals surface area contributed by atoms with Gasteiger partial charge in [-0.1, -0.05) is 39.7 Å². The van der Waals surface area contributed by atoms with Crippen LogP contribution in [-0.2, 0) is 22.0 Å². The molecule has 2 aromatic rings. The number of carbonyl (C=O) groups excluding carboxylic acids is 1. The highest BCUT2D eigenvalue weighted by molar-refractivity contribution is 5.67. The number of rotatable bonds is 2. The highest BCUT2D eigenvalue weighted by Crippen LogP contribution is 2.45. The third-order valence-electron chi connectivity index (χ3n) is 5.23. The smallest absolute Gasteiger partial charge is 0.136 e. The van der Waals surface area contributed by atoms with Gasteiger partial charge in [0.1, 0.15) is 5.69 Å². The average Bonchev–Trinajstić information content (AvgIpc) is 2.58. The van der Waals surface area contributed by atoms with Crippen molar-refractivity contribution in [1.82, 2.24) is 10.2 Å². The second-order valence-electron chi connectivity index (χ2n) is 8.24. The summed E-state index contributed by atoms with van der Waals surface area (Å²) >= 11 is 0. The minimum atomic E-state index is -1.17. The molecule has 0 saturated heterocycles. The monoisotopic (exact) mass is 347 g/mol. The van der Waals surface area contributed by atoms with E-state index in [2.05, 4.69) is 67.9 Å². The number of carboxylic acids is 1. The number of carbonyl (C=O) groups is 1. The van der Waals surface area contributed by atoms with Crippen LogP contribution in [-0.4, -0.2) is 16.2 Å². The zero-order chi connectivity index (χ0) is 18.9. The summed E-state index contributed by atoms with van der Waals surface area (Å²) in [5, 5.41) is 18.4. The fraction of sp³-hybridized carbons (Fsp3) is 0.409. The summed E-state index contributed by atoms with van der Waals surface area (Å²) in [4.78, 5) is 10.6. The van der Waals surface area contributed by atoms with E-state index in [0.29, 0.717) is 11.4 Å². The van der Waals surface area contributed by atoms with Crippen LogP contribution in [0.15, 0.2) is 30.3 Å². The van der Waals surface area contributed by atoms with Crippen LogP contribution in [0, 0.1) is 11.8 Å². The zero-order valence-corrected chi connectivity index (χ0v) is 15.7. The van der Waals surface area contributed by atoms with Crippen molar-refractivity contribution in [1.29, 1.82) is 0 Å². The molecule has 134 valence electrons. The highest BCUT2D eigenvalue weighted by atomic mass is 16.4. The first-order chi connectivity index (χ1) is 12.2. The van der Waals surface area contributed by atoms with E-state index in [1.807, 2.05) is 0 Å². The van der Waals surface area contributed by atoms with Crippen molar-refractivity contribution in [3.05, 3.63) is 58.4 Å². The molecule has 0 unspecified atom stereocenters. The molecule has 1 aromatic carbocycles. The largest absolute Gasteiger partial charge is 0.550 e. The van der Waals surface area contributed by atoms with Crippen LogP contribution < -0.4 is 5.11 Å². The van der Waals surface area contributed by atoms with Gasteiger partial charge >= 0.3 is 0 Å². The molecular formula is C22H23N2O2-. The molecule has 1 aliphatic carbocycles. The van der Waals surface area contributed by atoms with Crippen LogP contribution in [0.25, 0.3) is 0 Å². The standard InChI is InChI=1S/C22H24N2O2/c1-21(2)11-12-22(3,4)19-13-15(6-10-18(19)21)5-7-16-8-9-17(24-23-16)14-20(25)26/h6,8-10,13H,11-12,14H2,1-4H3,(H,25,26)/p-1. The topological polar surface area (TPSA) is 65.9 Å². The molecule has 26 heavy (non-hydrogen) atoms. The predicted molar refractivity (Wildman–Crippen MR) is 98.5 cm³/mol. The van der Waals surface area contributed by atoms with Crippen LogP contribution >= 0.6 is 0 Å². The minimum absolute atomic E-state index is 0.148. The van der Waals surface area contributed by atoms with Gasteiger partial charge in [-0.15, -0.1) is 5.10 Å². The highest BCUT2D eigenvalue weighted by Gasteiger charge is 2.36. The Kier molecular flexibility index (Phi) is 4.58. The third kappa shape index (κ3) is 3.77. The maximum Gasteiger partial charge on any atom is 0.136 e. The molecule has 0 atom stereocenters. The molecule has 0 saturated carbocycles. The fourth-order valence-electron chi connectivity index (χ4n) is 3.47. The Bertz CT molecular complexity index is 900. The van der Waals surface area contributed by atoms with Gasteiger partial charge in [-0.2, -0.15) is 5.10 Å². The van der Waals surface area contributed by atoms with Crippen molar-refractivity contribution in [3.8, 4) is 11.8 Å². The molecule has 0 spiro atoms. The molecule has 1 heterocycles. The second kappa shape index (κ2) is 6.57. The lowest BCUT2D eigenvalue weighted by molar-refractivity contribution is -0.304. The van der Waals surface area contributed by atoms with Crippen molar-refractivity contribution in [2.24, 2.45) is 0 Å². The number of fused-ring (bicyclic) bond motifs is 1. The Balaban J connectivity index is 1.88. The van der Waals surface area contributed by atoms with Crippen LogP contribution in [0.5, 0.6) is 0 Å². The Morgan fingerprint density at radius 2 is 1.69 bits per heavy atom. The molecule has 3 rings (SSSR count). The molecule has 0 bridgehead atoms. The summed E-state index contributed by atoms with van der Waals surface area (Å²) < 4.78 is 0. The van der Waals surface area contributed by atoms with Gasteiger partial charge in [0.15, 0.2) is 0 Å². The molecule has 1 aromatic heterocycles. The maximum atomic E-state index is 10.6. The minimum Gasteiger partial charge on any atom is -0.550 e. The molecule has 0 aliphatic heterocycles. The van der Waals surface area contributed by atoms with Crippen molar-refractivity contribution in [2.45, 2.75) is 57.8 Å². The first-order valence-corrected chi connectivity index (χ1v) is 8.87. The summed E-state index contributed by atoms with van der Waals surface area (Å²) in [7, 11) is 0. The number of carboxylic acid groups (broad SMARTS) is 1. The number of hydrogen-bond donors (Lipinski definition) is 0. The summed E-state index contributed by atoms with van der Waals surface area (Å²) in [5.74, 6) is 5.00. The lowest BCUT2D eigenvalue weighted by Crippen LogP contribution is -2.33. The SMILES string of the molecule is CC1(C)CCC(C)(C)c2cc(C#Cc3ccc(CC(=O)[O-])nn3)ccc21. The number of benzene rings is 1. The number of nitrogens with zero attached hydrogens (tertiary/aromatic N) is 2. The molecule has 0 amide bonds. The van der Waals surface area contributed by atoms with Crippen molar-refractivity contribution in [3.63, 3.8) is 0 Å². The molecule has 0 radical (unpaired) electrons. The van der Waals surface area contributed by atoms with E-state index in [4.69, 9.17) is 0 Å². The molecule has 4 nitrogen and oxygen atoms in total. The van der Waals surface area contributed by atoms with Crippen molar-refractivity contribution < 1.29 is 9.90 Å². The van der Waals surface area contributed by atoms with E-state index < -0.39 is 5.97 Å². The first-order valence-electron chi connectivity index (χ1n) is 8.87. The maximum absolute atomic E-state index is 10.6. The van der Waals surface area contributed by atoms with E-state index >= 15 is 0 Å². The summed E-state index contributed by atoms with van der Waals surface area (Å²) in [6.45, 7) is 9.19. The summed E-state index contributed by atoms with van der Waals surface area (Å²) in [5.41, 5.74) is 4.96.